The molecule has 120 valence electrons. The Morgan fingerprint density at radius 2 is 1.67 bits per heavy atom. The molecular weight excluding hydrogens is 304 g/mol. The van der Waals surface area contributed by atoms with Gasteiger partial charge in [-0.3, -0.25) is 14.6 Å². The van der Waals surface area contributed by atoms with Crippen molar-refractivity contribution in [1.82, 2.24) is 9.78 Å². The highest BCUT2D eigenvalue weighted by atomic mass is 16.7. The van der Waals surface area contributed by atoms with Crippen LogP contribution >= 0.6 is 0 Å². The zero-order valence-electron chi connectivity index (χ0n) is 13.2. The van der Waals surface area contributed by atoms with E-state index in [2.05, 4.69) is 5.10 Å². The maximum absolute atomic E-state index is 12.5. The molecule has 0 amide bonds. The van der Waals surface area contributed by atoms with Crippen LogP contribution in [0.25, 0.3) is 27.4 Å². The molecule has 5 nitrogen and oxygen atoms in total. The van der Waals surface area contributed by atoms with Crippen molar-refractivity contribution in [2.75, 3.05) is 13.9 Å². The highest BCUT2D eigenvalue weighted by Crippen LogP contribution is 2.33. The standard InChI is InChI=1S/C19H16N2O3/c1-23-12-24-17-11-16-18(15-10-6-5-9-14(15)17)21(20-19(16)22)13-7-3-2-4-8-13/h2-11H,12H2,1H3,(H,20,22). The number of rotatable bonds is 4. The van der Waals surface area contributed by atoms with Gasteiger partial charge < -0.3 is 9.47 Å². The number of H-pyrrole nitrogens is 1. The summed E-state index contributed by atoms with van der Waals surface area (Å²) < 4.78 is 12.5. The van der Waals surface area contributed by atoms with Gasteiger partial charge in [0.1, 0.15) is 5.75 Å². The minimum atomic E-state index is -0.151. The molecule has 0 unspecified atom stereocenters. The van der Waals surface area contributed by atoms with Crippen molar-refractivity contribution >= 4 is 21.7 Å². The van der Waals surface area contributed by atoms with Crippen molar-refractivity contribution in [1.29, 1.82) is 0 Å². The number of hydrogen-bond donors (Lipinski definition) is 1. The first-order chi connectivity index (χ1) is 11.8. The molecule has 0 spiro atoms. The molecule has 0 atom stereocenters. The Balaban J connectivity index is 2.09. The fourth-order valence-electron chi connectivity index (χ4n) is 2.97. The number of nitrogens with zero attached hydrogens (tertiary/aromatic N) is 1. The SMILES string of the molecule is COCOc1cc2c(=O)[nH]n(-c3ccccc3)c2c2ccccc12. The summed E-state index contributed by atoms with van der Waals surface area (Å²) in [5.41, 5.74) is 1.59. The number of fused-ring (bicyclic) bond motifs is 3. The van der Waals surface area contributed by atoms with Crippen molar-refractivity contribution in [2.45, 2.75) is 0 Å². The zero-order valence-corrected chi connectivity index (χ0v) is 13.2. The quantitative estimate of drug-likeness (QED) is 0.586. The van der Waals surface area contributed by atoms with Gasteiger partial charge in [0.05, 0.1) is 16.6 Å². The van der Waals surface area contributed by atoms with Crippen LogP contribution in [-0.4, -0.2) is 23.7 Å². The van der Waals surface area contributed by atoms with E-state index in [9.17, 15) is 4.79 Å². The van der Waals surface area contributed by atoms with Gasteiger partial charge in [-0.1, -0.05) is 42.5 Å². The van der Waals surface area contributed by atoms with Gasteiger partial charge in [0.25, 0.3) is 5.56 Å². The predicted molar refractivity (Wildman–Crippen MR) is 93.9 cm³/mol. The normalized spacial score (nSPS) is 11.2. The summed E-state index contributed by atoms with van der Waals surface area (Å²) in [6.45, 7) is 0.132. The Bertz CT molecular complexity index is 1060. The lowest BCUT2D eigenvalue weighted by Gasteiger charge is -2.11. The fourth-order valence-corrected chi connectivity index (χ4v) is 2.97. The smallest absolute Gasteiger partial charge is 0.272 e. The molecule has 0 saturated heterocycles. The summed E-state index contributed by atoms with van der Waals surface area (Å²) in [5.74, 6) is 0.635. The van der Waals surface area contributed by atoms with Crippen molar-refractivity contribution in [3.63, 3.8) is 0 Å². The highest BCUT2D eigenvalue weighted by Gasteiger charge is 2.15. The molecule has 1 heterocycles. The third-order valence-electron chi connectivity index (χ3n) is 4.01. The molecule has 1 N–H and O–H groups in total. The van der Waals surface area contributed by atoms with E-state index in [4.69, 9.17) is 9.47 Å². The van der Waals surface area contributed by atoms with Crippen LogP contribution in [0.15, 0.2) is 65.5 Å². The predicted octanol–water partition coefficient (Wildman–Crippen LogP) is 3.45. The van der Waals surface area contributed by atoms with Crippen molar-refractivity contribution in [2.24, 2.45) is 0 Å². The van der Waals surface area contributed by atoms with E-state index in [0.717, 1.165) is 22.0 Å². The molecule has 5 heteroatoms. The first-order valence-electron chi connectivity index (χ1n) is 7.63. The first kappa shape index (κ1) is 14.5. The number of benzene rings is 3. The summed E-state index contributed by atoms with van der Waals surface area (Å²) in [5, 5.41) is 5.39. The van der Waals surface area contributed by atoms with E-state index in [1.54, 1.807) is 13.2 Å². The average molecular weight is 320 g/mol. The van der Waals surface area contributed by atoms with Crippen LogP contribution in [0.3, 0.4) is 0 Å². The number of aromatic nitrogens is 2. The molecule has 0 radical (unpaired) electrons. The zero-order chi connectivity index (χ0) is 16.5. The van der Waals surface area contributed by atoms with Gasteiger partial charge in [0.2, 0.25) is 0 Å². The molecule has 0 aliphatic carbocycles. The lowest BCUT2D eigenvalue weighted by Crippen LogP contribution is -2.03. The largest absolute Gasteiger partial charge is 0.467 e. The van der Waals surface area contributed by atoms with Crippen molar-refractivity contribution in [3.8, 4) is 11.4 Å². The Morgan fingerprint density at radius 3 is 2.42 bits per heavy atom. The molecule has 4 rings (SSSR count). The lowest BCUT2D eigenvalue weighted by atomic mass is 10.1. The second-order valence-corrected chi connectivity index (χ2v) is 5.48. The topological polar surface area (TPSA) is 56.2 Å². The monoisotopic (exact) mass is 320 g/mol. The summed E-state index contributed by atoms with van der Waals surface area (Å²) in [4.78, 5) is 12.5. The van der Waals surface area contributed by atoms with Crippen LogP contribution in [0.5, 0.6) is 5.75 Å². The van der Waals surface area contributed by atoms with E-state index in [0.29, 0.717) is 11.1 Å². The molecule has 1 aromatic heterocycles. The number of nitrogens with one attached hydrogen (secondary N) is 1. The van der Waals surface area contributed by atoms with Gasteiger partial charge in [-0.05, 0) is 18.2 Å². The minimum Gasteiger partial charge on any atom is -0.467 e. The lowest BCUT2D eigenvalue weighted by molar-refractivity contribution is 0.0523. The molecule has 4 aromatic rings. The fraction of sp³-hybridized carbons (Fsp3) is 0.105. The second-order valence-electron chi connectivity index (χ2n) is 5.48. The molecular formula is C19H16N2O3. The number of hydrogen-bond acceptors (Lipinski definition) is 3. The van der Waals surface area contributed by atoms with E-state index in [1.807, 2.05) is 59.3 Å². The van der Waals surface area contributed by atoms with Gasteiger partial charge in [0.15, 0.2) is 6.79 Å². The minimum absolute atomic E-state index is 0.132. The molecule has 0 bridgehead atoms. The van der Waals surface area contributed by atoms with Crippen molar-refractivity contribution in [3.05, 3.63) is 71.0 Å². The van der Waals surface area contributed by atoms with Crippen LogP contribution in [0, 0.1) is 0 Å². The van der Waals surface area contributed by atoms with Crippen LogP contribution < -0.4 is 10.3 Å². The van der Waals surface area contributed by atoms with E-state index in [1.165, 1.54) is 0 Å². The van der Waals surface area contributed by atoms with Crippen LogP contribution in [0.1, 0.15) is 0 Å². The van der Waals surface area contributed by atoms with Gasteiger partial charge in [-0.2, -0.15) is 0 Å². The number of methoxy groups -OCH3 is 1. The van der Waals surface area contributed by atoms with Gasteiger partial charge >= 0.3 is 0 Å². The van der Waals surface area contributed by atoms with Crippen LogP contribution in [0.2, 0.25) is 0 Å². The molecule has 0 aliphatic heterocycles. The van der Waals surface area contributed by atoms with E-state index in [-0.39, 0.29) is 12.4 Å². The van der Waals surface area contributed by atoms with E-state index >= 15 is 0 Å². The maximum atomic E-state index is 12.5. The molecule has 24 heavy (non-hydrogen) atoms. The Kier molecular flexibility index (Phi) is 3.55. The van der Waals surface area contributed by atoms with Gasteiger partial charge in [0, 0.05) is 17.9 Å². The van der Waals surface area contributed by atoms with Crippen LogP contribution in [0.4, 0.5) is 0 Å². The number of ether oxygens (including phenoxy) is 2. The summed E-state index contributed by atoms with van der Waals surface area (Å²) in [6, 6.07) is 19.4. The molecule has 0 aliphatic rings. The summed E-state index contributed by atoms with van der Waals surface area (Å²) >= 11 is 0. The first-order valence-corrected chi connectivity index (χ1v) is 7.63. The Hall–Kier alpha value is -3.05. The Labute approximate surface area is 138 Å². The number of aromatic amines is 1. The molecule has 0 saturated carbocycles. The Morgan fingerprint density at radius 1 is 0.958 bits per heavy atom. The number of para-hydroxylation sites is 1. The molecule has 0 fully saturated rings. The van der Waals surface area contributed by atoms with Crippen LogP contribution in [-0.2, 0) is 4.74 Å². The average Bonchev–Trinajstić information content (AvgIpc) is 2.97. The van der Waals surface area contributed by atoms with Gasteiger partial charge in [-0.15, -0.1) is 0 Å². The molecule has 3 aromatic carbocycles. The maximum Gasteiger partial charge on any atom is 0.272 e. The third-order valence-corrected chi connectivity index (χ3v) is 4.01. The third kappa shape index (κ3) is 2.26. The summed E-state index contributed by atoms with van der Waals surface area (Å²) in [6.07, 6.45) is 0. The van der Waals surface area contributed by atoms with Gasteiger partial charge in [-0.25, -0.2) is 0 Å². The highest BCUT2D eigenvalue weighted by molar-refractivity contribution is 6.09. The summed E-state index contributed by atoms with van der Waals surface area (Å²) in [7, 11) is 1.57. The van der Waals surface area contributed by atoms with E-state index < -0.39 is 0 Å². The van der Waals surface area contributed by atoms with Crippen molar-refractivity contribution < 1.29 is 9.47 Å². The second kappa shape index (κ2) is 5.86.